The SMILES string of the molecule is Cc1ccc(C(=O)N2CCN(CC3CC3)CC2)cc1O. The largest absolute Gasteiger partial charge is 0.508 e. The van der Waals surface area contributed by atoms with Crippen LogP contribution in [0.1, 0.15) is 28.8 Å². The number of phenolic OH excluding ortho intramolecular Hbond substituents is 1. The molecular formula is C16H22N2O2. The molecule has 0 atom stereocenters. The van der Waals surface area contributed by atoms with E-state index in [-0.39, 0.29) is 11.7 Å². The number of carbonyl (C=O) groups is 1. The molecule has 0 spiro atoms. The number of phenols is 1. The molecule has 3 rings (SSSR count). The van der Waals surface area contributed by atoms with E-state index in [4.69, 9.17) is 0 Å². The van der Waals surface area contributed by atoms with E-state index in [0.29, 0.717) is 5.56 Å². The van der Waals surface area contributed by atoms with Crippen molar-refractivity contribution < 1.29 is 9.90 Å². The molecule has 1 amide bonds. The minimum absolute atomic E-state index is 0.0337. The molecule has 1 heterocycles. The highest BCUT2D eigenvalue weighted by atomic mass is 16.3. The van der Waals surface area contributed by atoms with Crippen molar-refractivity contribution in [2.45, 2.75) is 19.8 Å². The number of hydrogen-bond acceptors (Lipinski definition) is 3. The zero-order chi connectivity index (χ0) is 14.1. The molecule has 1 aliphatic carbocycles. The fraction of sp³-hybridized carbons (Fsp3) is 0.562. The number of benzene rings is 1. The van der Waals surface area contributed by atoms with E-state index in [1.807, 2.05) is 11.8 Å². The third-order valence-corrected chi connectivity index (χ3v) is 4.33. The Labute approximate surface area is 120 Å². The predicted octanol–water partition coefficient (Wildman–Crippen LogP) is 1.87. The second kappa shape index (κ2) is 5.44. The molecule has 1 saturated heterocycles. The van der Waals surface area contributed by atoms with Crippen molar-refractivity contribution >= 4 is 5.91 Å². The zero-order valence-electron chi connectivity index (χ0n) is 12.0. The number of rotatable bonds is 3. The molecule has 108 valence electrons. The summed E-state index contributed by atoms with van der Waals surface area (Å²) in [4.78, 5) is 16.8. The summed E-state index contributed by atoms with van der Waals surface area (Å²) in [6.45, 7) is 6.56. The van der Waals surface area contributed by atoms with Crippen LogP contribution >= 0.6 is 0 Å². The van der Waals surface area contributed by atoms with Gasteiger partial charge in [0.1, 0.15) is 5.75 Å². The third-order valence-electron chi connectivity index (χ3n) is 4.33. The predicted molar refractivity (Wildman–Crippen MR) is 77.9 cm³/mol. The van der Waals surface area contributed by atoms with Crippen molar-refractivity contribution in [3.05, 3.63) is 29.3 Å². The summed E-state index contributed by atoms with van der Waals surface area (Å²) in [6, 6.07) is 5.17. The van der Waals surface area contributed by atoms with Crippen LogP contribution in [-0.2, 0) is 0 Å². The van der Waals surface area contributed by atoms with Crippen LogP contribution in [0.15, 0.2) is 18.2 Å². The van der Waals surface area contributed by atoms with Gasteiger partial charge >= 0.3 is 0 Å². The highest BCUT2D eigenvalue weighted by Gasteiger charge is 2.27. The average Bonchev–Trinajstić information content (AvgIpc) is 3.26. The number of carbonyl (C=O) groups excluding carboxylic acids is 1. The molecule has 1 N–H and O–H groups in total. The van der Waals surface area contributed by atoms with Crippen molar-refractivity contribution in [3.8, 4) is 5.75 Å². The Balaban J connectivity index is 1.58. The Morgan fingerprint density at radius 1 is 1.25 bits per heavy atom. The smallest absolute Gasteiger partial charge is 0.254 e. The molecule has 0 radical (unpaired) electrons. The van der Waals surface area contributed by atoms with E-state index < -0.39 is 0 Å². The number of nitrogens with zero attached hydrogens (tertiary/aromatic N) is 2. The first-order chi connectivity index (χ1) is 9.63. The molecule has 1 saturated carbocycles. The van der Waals surface area contributed by atoms with Crippen LogP contribution in [0.5, 0.6) is 5.75 Å². The van der Waals surface area contributed by atoms with Crippen molar-refractivity contribution in [1.29, 1.82) is 0 Å². The van der Waals surface area contributed by atoms with Crippen molar-refractivity contribution in [1.82, 2.24) is 9.80 Å². The second-order valence-electron chi connectivity index (χ2n) is 6.04. The minimum atomic E-state index is 0.0337. The molecule has 20 heavy (non-hydrogen) atoms. The first kappa shape index (κ1) is 13.4. The fourth-order valence-corrected chi connectivity index (χ4v) is 2.72. The summed E-state index contributed by atoms with van der Waals surface area (Å²) < 4.78 is 0. The van der Waals surface area contributed by atoms with E-state index in [9.17, 15) is 9.90 Å². The van der Waals surface area contributed by atoms with Gasteiger partial charge in [0, 0.05) is 38.3 Å². The normalized spacial score (nSPS) is 20.1. The molecule has 0 unspecified atom stereocenters. The molecule has 2 aliphatic rings. The van der Waals surface area contributed by atoms with E-state index in [1.165, 1.54) is 19.4 Å². The molecule has 2 fully saturated rings. The Kier molecular flexibility index (Phi) is 3.66. The first-order valence-corrected chi connectivity index (χ1v) is 7.45. The summed E-state index contributed by atoms with van der Waals surface area (Å²) in [5.41, 5.74) is 1.39. The Morgan fingerprint density at radius 2 is 1.95 bits per heavy atom. The lowest BCUT2D eigenvalue weighted by Gasteiger charge is -2.34. The third kappa shape index (κ3) is 2.96. The molecule has 0 bridgehead atoms. The lowest BCUT2D eigenvalue weighted by Crippen LogP contribution is -2.49. The summed E-state index contributed by atoms with van der Waals surface area (Å²) in [5, 5.41) is 9.72. The average molecular weight is 274 g/mol. The fourth-order valence-electron chi connectivity index (χ4n) is 2.72. The summed E-state index contributed by atoms with van der Waals surface area (Å²) >= 11 is 0. The Hall–Kier alpha value is -1.55. The van der Waals surface area contributed by atoms with E-state index >= 15 is 0 Å². The molecular weight excluding hydrogens is 252 g/mol. The van der Waals surface area contributed by atoms with Gasteiger partial charge < -0.3 is 10.0 Å². The van der Waals surface area contributed by atoms with Gasteiger partial charge in [-0.2, -0.15) is 0 Å². The molecule has 1 aliphatic heterocycles. The number of hydrogen-bond donors (Lipinski definition) is 1. The summed E-state index contributed by atoms with van der Waals surface area (Å²) in [7, 11) is 0. The number of piperazine rings is 1. The van der Waals surface area contributed by atoms with Crippen LogP contribution < -0.4 is 0 Å². The quantitative estimate of drug-likeness (QED) is 0.915. The minimum Gasteiger partial charge on any atom is -0.508 e. The van der Waals surface area contributed by atoms with Gasteiger partial charge in [0.2, 0.25) is 0 Å². The summed E-state index contributed by atoms with van der Waals surface area (Å²) in [6.07, 6.45) is 2.75. The Morgan fingerprint density at radius 3 is 2.55 bits per heavy atom. The molecule has 1 aromatic carbocycles. The number of amides is 1. The van der Waals surface area contributed by atoms with Gasteiger partial charge in [0.25, 0.3) is 5.91 Å². The lowest BCUT2D eigenvalue weighted by atomic mass is 10.1. The van der Waals surface area contributed by atoms with Gasteiger partial charge in [0.15, 0.2) is 0 Å². The van der Waals surface area contributed by atoms with E-state index in [0.717, 1.165) is 37.7 Å². The maximum Gasteiger partial charge on any atom is 0.254 e. The van der Waals surface area contributed by atoms with Gasteiger partial charge in [-0.15, -0.1) is 0 Å². The van der Waals surface area contributed by atoms with Gasteiger partial charge in [-0.1, -0.05) is 6.07 Å². The highest BCUT2D eigenvalue weighted by Crippen LogP contribution is 2.30. The van der Waals surface area contributed by atoms with Gasteiger partial charge in [-0.05, 0) is 43.4 Å². The van der Waals surface area contributed by atoms with Crippen molar-refractivity contribution in [2.24, 2.45) is 5.92 Å². The standard InChI is InChI=1S/C16H22N2O2/c1-12-2-5-14(10-15(12)19)16(20)18-8-6-17(7-9-18)11-13-3-4-13/h2,5,10,13,19H,3-4,6-9,11H2,1H3. The van der Waals surface area contributed by atoms with E-state index in [1.54, 1.807) is 18.2 Å². The number of aryl methyl sites for hydroxylation is 1. The van der Waals surface area contributed by atoms with Crippen molar-refractivity contribution in [3.63, 3.8) is 0 Å². The van der Waals surface area contributed by atoms with Crippen molar-refractivity contribution in [2.75, 3.05) is 32.7 Å². The monoisotopic (exact) mass is 274 g/mol. The van der Waals surface area contributed by atoms with Gasteiger partial charge in [-0.25, -0.2) is 0 Å². The molecule has 1 aromatic rings. The molecule has 0 aromatic heterocycles. The molecule has 4 heteroatoms. The lowest BCUT2D eigenvalue weighted by molar-refractivity contribution is 0.0631. The van der Waals surface area contributed by atoms with Crippen LogP contribution in [0.4, 0.5) is 0 Å². The van der Waals surface area contributed by atoms with Crippen LogP contribution in [0, 0.1) is 12.8 Å². The maximum absolute atomic E-state index is 12.4. The summed E-state index contributed by atoms with van der Waals surface area (Å²) in [5.74, 6) is 1.14. The Bertz CT molecular complexity index is 503. The first-order valence-electron chi connectivity index (χ1n) is 7.45. The second-order valence-corrected chi connectivity index (χ2v) is 6.04. The van der Waals surface area contributed by atoms with Crippen LogP contribution in [0.3, 0.4) is 0 Å². The van der Waals surface area contributed by atoms with E-state index in [2.05, 4.69) is 4.90 Å². The topological polar surface area (TPSA) is 43.8 Å². The van der Waals surface area contributed by atoms with Gasteiger partial charge in [-0.3, -0.25) is 9.69 Å². The number of aromatic hydroxyl groups is 1. The molecule has 4 nitrogen and oxygen atoms in total. The van der Waals surface area contributed by atoms with Crippen LogP contribution in [-0.4, -0.2) is 53.5 Å². The highest BCUT2D eigenvalue weighted by molar-refractivity contribution is 5.94. The maximum atomic E-state index is 12.4. The van der Waals surface area contributed by atoms with Crippen LogP contribution in [0.25, 0.3) is 0 Å². The zero-order valence-corrected chi connectivity index (χ0v) is 12.0. The van der Waals surface area contributed by atoms with Gasteiger partial charge in [0.05, 0.1) is 0 Å². The van der Waals surface area contributed by atoms with Crippen LogP contribution in [0.2, 0.25) is 0 Å².